The highest BCUT2D eigenvalue weighted by atomic mass is 16.5. The molecule has 1 N–H and O–H groups in total. The van der Waals surface area contributed by atoms with Gasteiger partial charge in [0, 0.05) is 12.4 Å². The molecule has 0 aliphatic heterocycles. The van der Waals surface area contributed by atoms with Crippen LogP contribution < -0.4 is 10.2 Å². The van der Waals surface area contributed by atoms with Crippen LogP contribution in [0.3, 0.4) is 0 Å². The second kappa shape index (κ2) is 9.78. The molecular formula is C27H23N3O3. The third kappa shape index (κ3) is 5.25. The van der Waals surface area contributed by atoms with E-state index < -0.39 is 5.97 Å². The molecule has 0 unspecified atom stereocenters. The second-order valence-electron chi connectivity index (χ2n) is 7.53. The summed E-state index contributed by atoms with van der Waals surface area (Å²) >= 11 is 0. The summed E-state index contributed by atoms with van der Waals surface area (Å²) in [4.78, 5) is 25.1. The molecule has 3 aromatic carbocycles. The van der Waals surface area contributed by atoms with Crippen LogP contribution in [0.4, 0.5) is 0 Å². The van der Waals surface area contributed by atoms with E-state index in [1.54, 1.807) is 49.4 Å². The highest BCUT2D eigenvalue weighted by Crippen LogP contribution is 2.17. The molecule has 6 heteroatoms. The van der Waals surface area contributed by atoms with Gasteiger partial charge in [-0.25, -0.2) is 10.2 Å². The van der Waals surface area contributed by atoms with Gasteiger partial charge in [-0.15, -0.1) is 0 Å². The molecule has 4 rings (SSSR count). The Morgan fingerprint density at radius 1 is 0.848 bits per heavy atom. The molecule has 6 nitrogen and oxygen atoms in total. The maximum Gasteiger partial charge on any atom is 0.343 e. The topological polar surface area (TPSA) is 72.7 Å². The number of carbonyl (C=O) groups is 2. The van der Waals surface area contributed by atoms with E-state index in [-0.39, 0.29) is 5.91 Å². The second-order valence-corrected chi connectivity index (χ2v) is 7.53. The zero-order chi connectivity index (χ0) is 23.2. The van der Waals surface area contributed by atoms with Crippen molar-refractivity contribution < 1.29 is 14.3 Å². The lowest BCUT2D eigenvalue weighted by atomic mass is 10.1. The van der Waals surface area contributed by atoms with Gasteiger partial charge >= 0.3 is 5.97 Å². The standard InChI is InChI=1S/C27H23N3O3/c1-19-8-7-9-22(18-19)27(32)33-23-14-12-21(13-15-23)20(2)28-29-26(31)24-10-3-4-11-25(24)30-16-5-6-17-30/h3-18H,1-2H3,(H,29,31)/b28-20+. The fraction of sp³-hybridized carbons (Fsp3) is 0.0741. The van der Waals surface area contributed by atoms with Crippen LogP contribution in [0.15, 0.2) is 102 Å². The molecule has 0 aliphatic carbocycles. The van der Waals surface area contributed by atoms with Crippen molar-refractivity contribution in [2.75, 3.05) is 0 Å². The fourth-order valence-corrected chi connectivity index (χ4v) is 3.35. The highest BCUT2D eigenvalue weighted by Gasteiger charge is 2.12. The predicted molar refractivity (Wildman–Crippen MR) is 128 cm³/mol. The summed E-state index contributed by atoms with van der Waals surface area (Å²) in [6.45, 7) is 3.72. The summed E-state index contributed by atoms with van der Waals surface area (Å²) in [5.74, 6) is -0.282. The monoisotopic (exact) mass is 437 g/mol. The van der Waals surface area contributed by atoms with Gasteiger partial charge in [0.2, 0.25) is 0 Å². The quantitative estimate of drug-likeness (QED) is 0.196. The minimum atomic E-state index is -0.412. The highest BCUT2D eigenvalue weighted by molar-refractivity contribution is 6.02. The number of aromatic nitrogens is 1. The molecule has 0 atom stereocenters. The number of rotatable bonds is 6. The minimum Gasteiger partial charge on any atom is -0.423 e. The van der Waals surface area contributed by atoms with Crippen LogP contribution in [0.5, 0.6) is 5.75 Å². The largest absolute Gasteiger partial charge is 0.423 e. The summed E-state index contributed by atoms with van der Waals surface area (Å²) in [7, 11) is 0. The van der Waals surface area contributed by atoms with Gasteiger partial charge in [0.05, 0.1) is 22.5 Å². The van der Waals surface area contributed by atoms with Crippen molar-refractivity contribution in [3.63, 3.8) is 0 Å². The third-order valence-corrected chi connectivity index (χ3v) is 5.09. The summed E-state index contributed by atoms with van der Waals surface area (Å²) in [6.07, 6.45) is 3.77. The van der Waals surface area contributed by atoms with E-state index in [0.29, 0.717) is 22.6 Å². The van der Waals surface area contributed by atoms with Crippen LogP contribution in [0.25, 0.3) is 5.69 Å². The first kappa shape index (κ1) is 21.8. The number of nitrogens with one attached hydrogen (secondary N) is 1. The van der Waals surface area contributed by atoms with Crippen molar-refractivity contribution in [1.29, 1.82) is 0 Å². The predicted octanol–water partition coefficient (Wildman–Crippen LogP) is 5.16. The SMILES string of the molecule is C/C(=N\NC(=O)c1ccccc1-n1cccc1)c1ccc(OC(=O)c2cccc(C)c2)cc1. The van der Waals surface area contributed by atoms with Gasteiger partial charge in [-0.1, -0.05) is 29.8 Å². The molecule has 0 bridgehead atoms. The lowest BCUT2D eigenvalue weighted by molar-refractivity contribution is 0.0734. The third-order valence-electron chi connectivity index (χ3n) is 5.09. The number of aryl methyl sites for hydroxylation is 1. The van der Waals surface area contributed by atoms with Crippen LogP contribution in [0.2, 0.25) is 0 Å². The average Bonchev–Trinajstić information content (AvgIpc) is 3.38. The summed E-state index contributed by atoms with van der Waals surface area (Å²) < 4.78 is 7.32. The van der Waals surface area contributed by atoms with Gasteiger partial charge < -0.3 is 9.30 Å². The first-order valence-corrected chi connectivity index (χ1v) is 10.5. The van der Waals surface area contributed by atoms with Gasteiger partial charge in [-0.05, 0) is 80.1 Å². The Labute approximate surface area is 192 Å². The van der Waals surface area contributed by atoms with E-state index in [2.05, 4.69) is 10.5 Å². The number of benzene rings is 3. The van der Waals surface area contributed by atoms with Gasteiger partial charge in [0.15, 0.2) is 0 Å². The Bertz CT molecular complexity index is 1310. The van der Waals surface area contributed by atoms with Crippen LogP contribution in [0.1, 0.15) is 38.8 Å². The van der Waals surface area contributed by atoms with E-state index in [9.17, 15) is 9.59 Å². The number of carbonyl (C=O) groups excluding carboxylic acids is 2. The molecule has 0 saturated heterocycles. The van der Waals surface area contributed by atoms with E-state index in [1.807, 2.05) is 66.3 Å². The zero-order valence-electron chi connectivity index (χ0n) is 18.4. The van der Waals surface area contributed by atoms with Gasteiger partial charge in [-0.3, -0.25) is 4.79 Å². The molecular weight excluding hydrogens is 414 g/mol. The Hall–Kier alpha value is -4.45. The Balaban J connectivity index is 1.42. The number of para-hydroxylation sites is 1. The van der Waals surface area contributed by atoms with Crippen LogP contribution >= 0.6 is 0 Å². The van der Waals surface area contributed by atoms with Gasteiger partial charge in [-0.2, -0.15) is 5.10 Å². The molecule has 0 radical (unpaired) electrons. The number of hydrogen-bond acceptors (Lipinski definition) is 4. The lowest BCUT2D eigenvalue weighted by Gasteiger charge is -2.10. The maximum absolute atomic E-state index is 12.7. The Morgan fingerprint density at radius 3 is 2.30 bits per heavy atom. The van der Waals surface area contributed by atoms with E-state index in [1.165, 1.54) is 0 Å². The van der Waals surface area contributed by atoms with Crippen LogP contribution in [-0.2, 0) is 0 Å². The van der Waals surface area contributed by atoms with Crippen LogP contribution in [0, 0.1) is 6.92 Å². The summed E-state index contributed by atoms with van der Waals surface area (Å²) in [6, 6.07) is 25.4. The fourth-order valence-electron chi connectivity index (χ4n) is 3.35. The van der Waals surface area contributed by atoms with Gasteiger partial charge in [0.25, 0.3) is 5.91 Å². The molecule has 0 spiro atoms. The number of esters is 1. The number of amides is 1. The Morgan fingerprint density at radius 2 is 1.58 bits per heavy atom. The molecule has 1 heterocycles. The molecule has 1 amide bonds. The molecule has 33 heavy (non-hydrogen) atoms. The molecule has 0 saturated carbocycles. The number of hydrazone groups is 1. The molecule has 0 aliphatic rings. The van der Waals surface area contributed by atoms with Crippen molar-refractivity contribution in [2.45, 2.75) is 13.8 Å². The van der Waals surface area contributed by atoms with Crippen molar-refractivity contribution in [1.82, 2.24) is 9.99 Å². The smallest absolute Gasteiger partial charge is 0.343 e. The number of hydrogen-bond donors (Lipinski definition) is 1. The summed E-state index contributed by atoms with van der Waals surface area (Å²) in [5.41, 5.74) is 6.82. The normalized spacial score (nSPS) is 11.2. The van der Waals surface area contributed by atoms with Crippen molar-refractivity contribution in [3.8, 4) is 11.4 Å². The van der Waals surface area contributed by atoms with Gasteiger partial charge in [0.1, 0.15) is 5.75 Å². The first-order valence-electron chi connectivity index (χ1n) is 10.5. The van der Waals surface area contributed by atoms with Crippen LogP contribution in [-0.4, -0.2) is 22.2 Å². The van der Waals surface area contributed by atoms with Crippen molar-refractivity contribution in [3.05, 3.63) is 120 Å². The van der Waals surface area contributed by atoms with E-state index in [0.717, 1.165) is 16.8 Å². The molecule has 1 aromatic heterocycles. The maximum atomic E-state index is 12.7. The minimum absolute atomic E-state index is 0.303. The van der Waals surface area contributed by atoms with E-state index in [4.69, 9.17) is 4.74 Å². The zero-order valence-corrected chi connectivity index (χ0v) is 18.4. The number of ether oxygens (including phenoxy) is 1. The molecule has 4 aromatic rings. The average molecular weight is 437 g/mol. The number of nitrogens with zero attached hydrogens (tertiary/aromatic N) is 2. The van der Waals surface area contributed by atoms with Crippen molar-refractivity contribution >= 4 is 17.6 Å². The lowest BCUT2D eigenvalue weighted by Crippen LogP contribution is -2.21. The van der Waals surface area contributed by atoms with Crippen molar-refractivity contribution in [2.24, 2.45) is 5.10 Å². The Kier molecular flexibility index (Phi) is 6.45. The molecule has 164 valence electrons. The first-order chi connectivity index (χ1) is 16.0. The summed E-state index contributed by atoms with van der Waals surface area (Å²) in [5, 5.41) is 4.24. The van der Waals surface area contributed by atoms with E-state index >= 15 is 0 Å². The molecule has 0 fully saturated rings.